The number of ether oxygens (including phenoxy) is 1. The van der Waals surface area contributed by atoms with Gasteiger partial charge in [0.05, 0.1) is 17.8 Å². The van der Waals surface area contributed by atoms with Crippen molar-refractivity contribution in [2.75, 3.05) is 32.7 Å². The van der Waals surface area contributed by atoms with E-state index >= 15 is 0 Å². The molecule has 1 atom stereocenters. The Kier molecular flexibility index (Phi) is 5.45. The number of hydrogen-bond donors (Lipinski definition) is 1. The van der Waals surface area contributed by atoms with Crippen LogP contribution in [-0.4, -0.2) is 53.3 Å². The Bertz CT molecular complexity index is 389. The van der Waals surface area contributed by atoms with Gasteiger partial charge in [0.25, 0.3) is 0 Å². The SMILES string of the molecule is COc1ccc(C(O)C2SCC(N(C)C)CS2)cc1. The van der Waals surface area contributed by atoms with Crippen LogP contribution in [0.2, 0.25) is 0 Å². The quantitative estimate of drug-likeness (QED) is 0.923. The van der Waals surface area contributed by atoms with Crippen LogP contribution < -0.4 is 4.74 Å². The summed E-state index contributed by atoms with van der Waals surface area (Å²) < 4.78 is 5.36. The molecule has 1 saturated heterocycles. The third-order valence-electron chi connectivity index (χ3n) is 3.35. The van der Waals surface area contributed by atoms with Gasteiger partial charge in [-0.25, -0.2) is 0 Å². The molecule has 1 N–H and O–H groups in total. The van der Waals surface area contributed by atoms with Crippen molar-refractivity contribution >= 4 is 23.5 Å². The van der Waals surface area contributed by atoms with Gasteiger partial charge in [0.2, 0.25) is 0 Å². The molecular weight excluding hydrogens is 278 g/mol. The molecule has 1 fully saturated rings. The maximum absolute atomic E-state index is 10.4. The van der Waals surface area contributed by atoms with Crippen molar-refractivity contribution in [1.82, 2.24) is 4.90 Å². The number of rotatable bonds is 4. The summed E-state index contributed by atoms with van der Waals surface area (Å²) in [4.78, 5) is 2.26. The second-order valence-electron chi connectivity index (χ2n) is 4.87. The lowest BCUT2D eigenvalue weighted by Gasteiger charge is -2.33. The summed E-state index contributed by atoms with van der Waals surface area (Å²) in [6, 6.07) is 8.30. The fraction of sp³-hybridized carbons (Fsp3) is 0.571. The Morgan fingerprint density at radius 1 is 1.21 bits per heavy atom. The number of thioether (sulfide) groups is 2. The third kappa shape index (κ3) is 3.81. The standard InChI is InChI=1S/C14H21NO2S2/c1-15(2)11-8-18-14(19-9-11)13(16)10-4-6-12(17-3)7-5-10/h4-7,11,13-14,16H,8-9H2,1-3H3. The molecule has 2 rings (SSSR count). The van der Waals surface area contributed by atoms with Crippen molar-refractivity contribution in [3.63, 3.8) is 0 Å². The molecule has 1 heterocycles. The first kappa shape index (κ1) is 15.0. The van der Waals surface area contributed by atoms with Crippen molar-refractivity contribution in [2.45, 2.75) is 16.7 Å². The Morgan fingerprint density at radius 3 is 2.26 bits per heavy atom. The first-order chi connectivity index (χ1) is 9.11. The van der Waals surface area contributed by atoms with Crippen molar-refractivity contribution in [1.29, 1.82) is 0 Å². The van der Waals surface area contributed by atoms with Crippen LogP contribution in [0.4, 0.5) is 0 Å². The molecule has 0 bridgehead atoms. The molecule has 0 radical (unpaired) electrons. The van der Waals surface area contributed by atoms with E-state index in [-0.39, 0.29) is 4.58 Å². The minimum Gasteiger partial charge on any atom is -0.497 e. The molecule has 0 aliphatic carbocycles. The maximum Gasteiger partial charge on any atom is 0.118 e. The Morgan fingerprint density at radius 2 is 1.79 bits per heavy atom. The smallest absolute Gasteiger partial charge is 0.118 e. The van der Waals surface area contributed by atoms with Crippen LogP contribution >= 0.6 is 23.5 Å². The van der Waals surface area contributed by atoms with Gasteiger partial charge in [-0.05, 0) is 31.8 Å². The lowest BCUT2D eigenvalue weighted by atomic mass is 10.1. The van der Waals surface area contributed by atoms with E-state index in [1.807, 2.05) is 47.8 Å². The van der Waals surface area contributed by atoms with Crippen molar-refractivity contribution < 1.29 is 9.84 Å². The lowest BCUT2D eigenvalue weighted by molar-refractivity contribution is 0.195. The van der Waals surface area contributed by atoms with Crippen LogP contribution in [0.5, 0.6) is 5.75 Å². The van der Waals surface area contributed by atoms with Crippen molar-refractivity contribution in [3.05, 3.63) is 29.8 Å². The predicted molar refractivity (Wildman–Crippen MR) is 84.1 cm³/mol. The van der Waals surface area contributed by atoms with E-state index in [9.17, 15) is 5.11 Å². The van der Waals surface area contributed by atoms with Gasteiger partial charge in [-0.1, -0.05) is 12.1 Å². The molecule has 1 aromatic carbocycles. The largest absolute Gasteiger partial charge is 0.497 e. The highest BCUT2D eigenvalue weighted by Gasteiger charge is 2.29. The molecule has 19 heavy (non-hydrogen) atoms. The Hall–Kier alpha value is -0.360. The zero-order valence-electron chi connectivity index (χ0n) is 11.6. The summed E-state index contributed by atoms with van der Waals surface area (Å²) in [6.45, 7) is 0. The van der Waals surface area contributed by atoms with E-state index in [1.54, 1.807) is 7.11 Å². The van der Waals surface area contributed by atoms with Crippen LogP contribution in [0.3, 0.4) is 0 Å². The van der Waals surface area contributed by atoms with Gasteiger partial charge < -0.3 is 14.7 Å². The zero-order chi connectivity index (χ0) is 13.8. The topological polar surface area (TPSA) is 32.7 Å². The zero-order valence-corrected chi connectivity index (χ0v) is 13.2. The van der Waals surface area contributed by atoms with Gasteiger partial charge in [0, 0.05) is 17.5 Å². The number of hydrogen-bond acceptors (Lipinski definition) is 5. The summed E-state index contributed by atoms with van der Waals surface area (Å²) in [5.41, 5.74) is 0.967. The minimum atomic E-state index is -0.413. The molecule has 1 unspecified atom stereocenters. The number of nitrogens with zero attached hydrogens (tertiary/aromatic N) is 1. The number of methoxy groups -OCH3 is 1. The molecule has 106 valence electrons. The highest BCUT2D eigenvalue weighted by molar-refractivity contribution is 8.17. The van der Waals surface area contributed by atoms with Gasteiger partial charge in [-0.3, -0.25) is 0 Å². The van der Waals surface area contributed by atoms with Crippen LogP contribution in [0, 0.1) is 0 Å². The molecule has 0 aromatic heterocycles. The normalized spacial score (nSPS) is 25.3. The van der Waals surface area contributed by atoms with Crippen molar-refractivity contribution in [2.24, 2.45) is 0 Å². The molecule has 3 nitrogen and oxygen atoms in total. The maximum atomic E-state index is 10.4. The van der Waals surface area contributed by atoms with E-state index in [2.05, 4.69) is 19.0 Å². The fourth-order valence-corrected chi connectivity index (χ4v) is 5.29. The summed E-state index contributed by atoms with van der Waals surface area (Å²) in [5, 5.41) is 10.4. The van der Waals surface area contributed by atoms with Crippen LogP contribution in [0.1, 0.15) is 11.7 Å². The third-order valence-corrected chi connectivity index (χ3v) is 6.49. The van der Waals surface area contributed by atoms with Gasteiger partial charge >= 0.3 is 0 Å². The van der Waals surface area contributed by atoms with Crippen LogP contribution in [0.25, 0.3) is 0 Å². The van der Waals surface area contributed by atoms with Gasteiger partial charge in [0.15, 0.2) is 0 Å². The molecular formula is C14H21NO2S2. The molecule has 0 spiro atoms. The van der Waals surface area contributed by atoms with Crippen LogP contribution in [-0.2, 0) is 0 Å². The average Bonchev–Trinajstić information content (AvgIpc) is 2.46. The minimum absolute atomic E-state index is 0.226. The van der Waals surface area contributed by atoms with Crippen LogP contribution in [0.15, 0.2) is 24.3 Å². The number of aliphatic hydroxyl groups excluding tert-OH is 1. The summed E-state index contributed by atoms with van der Waals surface area (Å²) in [5.74, 6) is 2.99. The number of aliphatic hydroxyl groups is 1. The number of benzene rings is 1. The van der Waals surface area contributed by atoms with Gasteiger partial charge in [-0.2, -0.15) is 0 Å². The van der Waals surface area contributed by atoms with Crippen molar-refractivity contribution in [3.8, 4) is 5.75 Å². The second-order valence-corrected chi connectivity index (χ2v) is 7.52. The summed E-state index contributed by atoms with van der Waals surface area (Å²) in [7, 11) is 5.89. The Labute approximate surface area is 123 Å². The molecule has 5 heteroatoms. The molecule has 0 saturated carbocycles. The average molecular weight is 299 g/mol. The first-order valence-corrected chi connectivity index (χ1v) is 8.43. The summed E-state index contributed by atoms with van der Waals surface area (Å²) in [6.07, 6.45) is -0.413. The second kappa shape index (κ2) is 6.88. The Balaban J connectivity index is 1.94. The van der Waals surface area contributed by atoms with Gasteiger partial charge in [-0.15, -0.1) is 23.5 Å². The predicted octanol–water partition coefficient (Wildman–Crippen LogP) is 2.46. The molecule has 0 amide bonds. The highest BCUT2D eigenvalue weighted by atomic mass is 32.2. The van der Waals surface area contributed by atoms with Gasteiger partial charge in [0.1, 0.15) is 5.75 Å². The monoisotopic (exact) mass is 299 g/mol. The molecule has 1 aromatic rings. The lowest BCUT2D eigenvalue weighted by Crippen LogP contribution is -2.37. The van der Waals surface area contributed by atoms with E-state index in [0.29, 0.717) is 6.04 Å². The van der Waals surface area contributed by atoms with E-state index < -0.39 is 6.10 Å². The highest BCUT2D eigenvalue weighted by Crippen LogP contribution is 2.40. The van der Waals surface area contributed by atoms with E-state index in [4.69, 9.17) is 4.74 Å². The first-order valence-electron chi connectivity index (χ1n) is 6.33. The van der Waals surface area contributed by atoms with E-state index in [1.165, 1.54) is 0 Å². The molecule has 1 aliphatic rings. The van der Waals surface area contributed by atoms with E-state index in [0.717, 1.165) is 22.8 Å². The fourth-order valence-electron chi connectivity index (χ4n) is 1.95. The summed E-state index contributed by atoms with van der Waals surface area (Å²) >= 11 is 3.71. The molecule has 1 aliphatic heterocycles.